The van der Waals surface area contributed by atoms with Crippen LogP contribution in [0.3, 0.4) is 0 Å². The second-order valence-corrected chi connectivity index (χ2v) is 3.33. The SMILES string of the molecule is CN(C)C(=O)Nc1cccc(C(=O)O)c1O. The number of para-hydroxylation sites is 1. The average Bonchev–Trinajstić information content (AvgIpc) is 2.20. The number of amides is 2. The minimum Gasteiger partial charge on any atom is -0.505 e. The zero-order chi connectivity index (χ0) is 12.3. The summed E-state index contributed by atoms with van der Waals surface area (Å²) in [5.74, 6) is -1.70. The lowest BCUT2D eigenvalue weighted by Gasteiger charge is -2.13. The molecule has 0 fully saturated rings. The van der Waals surface area contributed by atoms with Crippen molar-refractivity contribution in [2.24, 2.45) is 0 Å². The number of hydrogen-bond acceptors (Lipinski definition) is 3. The highest BCUT2D eigenvalue weighted by molar-refractivity contribution is 5.97. The van der Waals surface area contributed by atoms with Crippen molar-refractivity contribution in [2.45, 2.75) is 0 Å². The van der Waals surface area contributed by atoms with Gasteiger partial charge in [0.05, 0.1) is 5.69 Å². The molecule has 6 heteroatoms. The first-order chi connectivity index (χ1) is 7.43. The number of nitrogens with zero attached hydrogens (tertiary/aromatic N) is 1. The molecule has 0 aromatic heterocycles. The van der Waals surface area contributed by atoms with Gasteiger partial charge >= 0.3 is 12.0 Å². The monoisotopic (exact) mass is 224 g/mol. The van der Waals surface area contributed by atoms with Crippen molar-refractivity contribution in [1.29, 1.82) is 0 Å². The molecule has 0 radical (unpaired) electrons. The van der Waals surface area contributed by atoms with Crippen molar-refractivity contribution in [2.75, 3.05) is 19.4 Å². The molecule has 0 spiro atoms. The first-order valence-electron chi connectivity index (χ1n) is 4.47. The Kier molecular flexibility index (Phi) is 3.34. The molecule has 3 N–H and O–H groups in total. The van der Waals surface area contributed by atoms with Crippen molar-refractivity contribution < 1.29 is 19.8 Å². The molecule has 1 rings (SSSR count). The minimum atomic E-state index is -1.25. The Morgan fingerprint density at radius 3 is 2.44 bits per heavy atom. The molecule has 0 bridgehead atoms. The lowest BCUT2D eigenvalue weighted by Crippen LogP contribution is -2.27. The van der Waals surface area contributed by atoms with Crippen LogP contribution in [0.2, 0.25) is 0 Å². The van der Waals surface area contributed by atoms with Crippen LogP contribution in [-0.2, 0) is 0 Å². The number of benzene rings is 1. The van der Waals surface area contributed by atoms with Gasteiger partial charge in [-0.2, -0.15) is 0 Å². The quantitative estimate of drug-likeness (QED) is 0.658. The molecule has 0 aliphatic carbocycles. The van der Waals surface area contributed by atoms with Gasteiger partial charge in [0.25, 0.3) is 0 Å². The van der Waals surface area contributed by atoms with E-state index in [1.165, 1.54) is 37.2 Å². The normalized spacial score (nSPS) is 9.62. The van der Waals surface area contributed by atoms with Gasteiger partial charge in [0, 0.05) is 14.1 Å². The summed E-state index contributed by atoms with van der Waals surface area (Å²) >= 11 is 0. The highest BCUT2D eigenvalue weighted by Gasteiger charge is 2.14. The van der Waals surface area contributed by atoms with Gasteiger partial charge in [0.1, 0.15) is 5.56 Å². The van der Waals surface area contributed by atoms with Crippen LogP contribution >= 0.6 is 0 Å². The maximum atomic E-state index is 11.3. The molecule has 6 nitrogen and oxygen atoms in total. The van der Waals surface area contributed by atoms with Crippen LogP contribution in [0, 0.1) is 0 Å². The lowest BCUT2D eigenvalue weighted by atomic mass is 10.1. The Bertz CT molecular complexity index is 429. The van der Waals surface area contributed by atoms with E-state index in [4.69, 9.17) is 5.11 Å². The van der Waals surface area contributed by atoms with Gasteiger partial charge in [0.2, 0.25) is 0 Å². The van der Waals surface area contributed by atoms with Crippen molar-refractivity contribution >= 4 is 17.7 Å². The summed E-state index contributed by atoms with van der Waals surface area (Å²) in [4.78, 5) is 23.3. The third-order valence-corrected chi connectivity index (χ3v) is 1.91. The van der Waals surface area contributed by atoms with Crippen molar-refractivity contribution in [3.8, 4) is 5.75 Å². The smallest absolute Gasteiger partial charge is 0.339 e. The first kappa shape index (κ1) is 11.8. The van der Waals surface area contributed by atoms with E-state index in [0.29, 0.717) is 0 Å². The van der Waals surface area contributed by atoms with E-state index in [0.717, 1.165) is 0 Å². The van der Waals surface area contributed by atoms with Gasteiger partial charge in [-0.05, 0) is 12.1 Å². The number of urea groups is 1. The van der Waals surface area contributed by atoms with Crippen LogP contribution < -0.4 is 5.32 Å². The zero-order valence-electron chi connectivity index (χ0n) is 8.89. The van der Waals surface area contributed by atoms with Gasteiger partial charge in [-0.25, -0.2) is 9.59 Å². The molecule has 16 heavy (non-hydrogen) atoms. The van der Waals surface area contributed by atoms with Gasteiger partial charge in [-0.15, -0.1) is 0 Å². The van der Waals surface area contributed by atoms with Crippen molar-refractivity contribution in [3.63, 3.8) is 0 Å². The molecular weight excluding hydrogens is 212 g/mol. The summed E-state index contributed by atoms with van der Waals surface area (Å²) < 4.78 is 0. The zero-order valence-corrected chi connectivity index (χ0v) is 8.89. The number of carboxylic acids is 1. The molecule has 0 aliphatic heterocycles. The fourth-order valence-electron chi connectivity index (χ4n) is 1.04. The van der Waals surface area contributed by atoms with Crippen LogP contribution in [-0.4, -0.2) is 41.2 Å². The predicted octanol–water partition coefficient (Wildman–Crippen LogP) is 1.18. The van der Waals surface area contributed by atoms with Gasteiger partial charge in [-0.1, -0.05) is 6.07 Å². The highest BCUT2D eigenvalue weighted by Crippen LogP contribution is 2.27. The number of carbonyl (C=O) groups is 2. The first-order valence-corrected chi connectivity index (χ1v) is 4.47. The van der Waals surface area contributed by atoms with Crippen LogP contribution in [0.4, 0.5) is 10.5 Å². The minimum absolute atomic E-state index is 0.0681. The molecule has 0 unspecified atom stereocenters. The summed E-state index contributed by atoms with van der Waals surface area (Å²) in [7, 11) is 3.07. The van der Waals surface area contributed by atoms with E-state index in [1.54, 1.807) is 0 Å². The third kappa shape index (κ3) is 2.41. The standard InChI is InChI=1S/C10H12N2O4/c1-12(2)10(16)11-7-5-3-4-6(8(7)13)9(14)15/h3-5,13H,1-2H3,(H,11,16)(H,14,15). The van der Waals surface area contributed by atoms with E-state index in [2.05, 4.69) is 5.32 Å². The molecule has 0 aliphatic rings. The predicted molar refractivity (Wildman–Crippen MR) is 57.8 cm³/mol. The topological polar surface area (TPSA) is 89.9 Å². The fourth-order valence-corrected chi connectivity index (χ4v) is 1.04. The Morgan fingerprint density at radius 2 is 1.94 bits per heavy atom. The second-order valence-electron chi connectivity index (χ2n) is 3.33. The van der Waals surface area contributed by atoms with Crippen LogP contribution in [0.5, 0.6) is 5.75 Å². The number of phenols is 1. The number of aromatic carboxylic acids is 1. The molecule has 1 aromatic carbocycles. The Labute approximate surface area is 92.1 Å². The number of carboxylic acid groups (broad SMARTS) is 1. The average molecular weight is 224 g/mol. The van der Waals surface area contributed by atoms with Crippen LogP contribution in [0.25, 0.3) is 0 Å². The molecule has 0 saturated heterocycles. The number of hydrogen-bond donors (Lipinski definition) is 3. The molecule has 2 amide bonds. The van der Waals surface area contributed by atoms with Crippen molar-refractivity contribution in [3.05, 3.63) is 23.8 Å². The maximum absolute atomic E-state index is 11.3. The van der Waals surface area contributed by atoms with E-state index >= 15 is 0 Å². The second kappa shape index (κ2) is 4.52. The number of carbonyl (C=O) groups excluding carboxylic acids is 1. The van der Waals surface area contributed by atoms with E-state index in [1.807, 2.05) is 0 Å². The molecule has 86 valence electrons. The molecular formula is C10H12N2O4. The van der Waals surface area contributed by atoms with E-state index in [9.17, 15) is 14.7 Å². The van der Waals surface area contributed by atoms with E-state index in [-0.39, 0.29) is 11.3 Å². The number of anilines is 1. The number of rotatable bonds is 2. The molecule has 1 aromatic rings. The molecule has 0 heterocycles. The summed E-state index contributed by atoms with van der Waals surface area (Å²) in [6.45, 7) is 0. The Morgan fingerprint density at radius 1 is 1.31 bits per heavy atom. The van der Waals surface area contributed by atoms with E-state index < -0.39 is 17.7 Å². The van der Waals surface area contributed by atoms with Gasteiger partial charge in [-0.3, -0.25) is 0 Å². The summed E-state index contributed by atoms with van der Waals surface area (Å²) in [6, 6.07) is 3.67. The van der Waals surface area contributed by atoms with Crippen molar-refractivity contribution in [1.82, 2.24) is 4.90 Å². The van der Waals surface area contributed by atoms with Crippen LogP contribution in [0.1, 0.15) is 10.4 Å². The van der Waals surface area contributed by atoms with Gasteiger partial charge in [0.15, 0.2) is 5.75 Å². The summed E-state index contributed by atoms with van der Waals surface area (Å²) in [6.07, 6.45) is 0. The third-order valence-electron chi connectivity index (χ3n) is 1.91. The summed E-state index contributed by atoms with van der Waals surface area (Å²) in [5.41, 5.74) is -0.185. The molecule has 0 saturated carbocycles. The maximum Gasteiger partial charge on any atom is 0.339 e. The van der Waals surface area contributed by atoms with Crippen LogP contribution in [0.15, 0.2) is 18.2 Å². The number of nitrogens with one attached hydrogen (secondary N) is 1. The Hall–Kier alpha value is -2.24. The Balaban J connectivity index is 3.02. The van der Waals surface area contributed by atoms with Gasteiger partial charge < -0.3 is 20.4 Å². The largest absolute Gasteiger partial charge is 0.505 e. The highest BCUT2D eigenvalue weighted by atomic mass is 16.4. The molecule has 0 atom stereocenters. The number of aromatic hydroxyl groups is 1. The fraction of sp³-hybridized carbons (Fsp3) is 0.200. The summed E-state index contributed by atoms with van der Waals surface area (Å²) in [5, 5.41) is 20.7. The lowest BCUT2D eigenvalue weighted by molar-refractivity contribution is 0.0694.